The predicted octanol–water partition coefficient (Wildman–Crippen LogP) is 0.485. The van der Waals surface area contributed by atoms with E-state index in [1.807, 2.05) is 0 Å². The van der Waals surface area contributed by atoms with Crippen molar-refractivity contribution in [3.05, 3.63) is 0 Å². The van der Waals surface area contributed by atoms with Gasteiger partial charge >= 0.3 is 0 Å². The molecule has 3 unspecified atom stereocenters. The third kappa shape index (κ3) is 2.58. The summed E-state index contributed by atoms with van der Waals surface area (Å²) in [6.45, 7) is 0. The normalized spacial score (nSPS) is 39.0. The summed E-state index contributed by atoms with van der Waals surface area (Å²) in [6.07, 6.45) is 2.75. The minimum atomic E-state index is -0.480. The average Bonchev–Trinajstić information content (AvgIpc) is 1.98. The second kappa shape index (κ2) is 4.23. The van der Waals surface area contributed by atoms with E-state index in [0.717, 1.165) is 31.7 Å². The molecule has 3 heteroatoms. The van der Waals surface area contributed by atoms with Crippen LogP contribution < -0.4 is 0 Å². The number of hydrogen-bond acceptors (Lipinski definition) is 2. The molecule has 0 saturated heterocycles. The van der Waals surface area contributed by atoms with Crippen LogP contribution in [-0.2, 0) is 0 Å². The molecule has 11 heavy (non-hydrogen) atoms. The summed E-state index contributed by atoms with van der Waals surface area (Å²) in [5, 5.41) is 18.5. The van der Waals surface area contributed by atoms with Gasteiger partial charge in [-0.25, -0.2) is 0 Å². The Balaban J connectivity index is 2.28. The van der Waals surface area contributed by atoms with Crippen LogP contribution >= 0.6 is 0 Å². The van der Waals surface area contributed by atoms with Gasteiger partial charge in [0.2, 0.25) is 0 Å². The van der Waals surface area contributed by atoms with Gasteiger partial charge < -0.3 is 10.2 Å². The SMILES string of the molecule is OC1CCC(CC[Si])CC1O. The second-order valence-corrected chi connectivity index (χ2v) is 3.85. The Hall–Kier alpha value is 0.137. The fourth-order valence-electron chi connectivity index (χ4n) is 1.68. The summed E-state index contributed by atoms with van der Waals surface area (Å²) in [5.41, 5.74) is 0. The maximum absolute atomic E-state index is 9.31. The first kappa shape index (κ1) is 9.23. The van der Waals surface area contributed by atoms with Crippen molar-refractivity contribution in [3.8, 4) is 0 Å². The van der Waals surface area contributed by atoms with E-state index in [0.29, 0.717) is 5.92 Å². The van der Waals surface area contributed by atoms with Crippen molar-refractivity contribution in [2.24, 2.45) is 5.92 Å². The van der Waals surface area contributed by atoms with Crippen LogP contribution in [0.5, 0.6) is 0 Å². The zero-order valence-electron chi connectivity index (χ0n) is 6.66. The van der Waals surface area contributed by atoms with E-state index in [9.17, 15) is 10.2 Å². The molecule has 2 N–H and O–H groups in total. The molecule has 63 valence electrons. The van der Waals surface area contributed by atoms with Gasteiger partial charge in [0.25, 0.3) is 0 Å². The topological polar surface area (TPSA) is 40.5 Å². The van der Waals surface area contributed by atoms with Gasteiger partial charge in [-0.2, -0.15) is 0 Å². The third-order valence-corrected chi connectivity index (χ3v) is 2.73. The van der Waals surface area contributed by atoms with Crippen LogP contribution in [0.4, 0.5) is 0 Å². The Bertz CT molecular complexity index is 119. The summed E-state index contributed by atoms with van der Waals surface area (Å²) in [5.74, 6) is 0.603. The van der Waals surface area contributed by atoms with Crippen molar-refractivity contribution >= 4 is 10.2 Å². The molecule has 1 fully saturated rings. The molecule has 2 nitrogen and oxygen atoms in total. The molecule has 0 bridgehead atoms. The lowest BCUT2D eigenvalue weighted by Crippen LogP contribution is -2.33. The van der Waals surface area contributed by atoms with Crippen LogP contribution in [0.2, 0.25) is 6.04 Å². The Labute approximate surface area is 71.0 Å². The zero-order chi connectivity index (χ0) is 8.27. The molecule has 1 rings (SSSR count). The molecule has 0 aliphatic heterocycles. The van der Waals surface area contributed by atoms with E-state index >= 15 is 0 Å². The zero-order valence-corrected chi connectivity index (χ0v) is 7.66. The number of rotatable bonds is 2. The maximum Gasteiger partial charge on any atom is 0.0801 e. The summed E-state index contributed by atoms with van der Waals surface area (Å²) in [6, 6.07) is 0.994. The van der Waals surface area contributed by atoms with Crippen molar-refractivity contribution in [3.63, 3.8) is 0 Å². The monoisotopic (exact) mass is 171 g/mol. The highest BCUT2D eigenvalue weighted by molar-refractivity contribution is 6.08. The van der Waals surface area contributed by atoms with Gasteiger partial charge in [0.1, 0.15) is 0 Å². The van der Waals surface area contributed by atoms with E-state index in [1.54, 1.807) is 0 Å². The summed E-state index contributed by atoms with van der Waals surface area (Å²) < 4.78 is 0. The van der Waals surface area contributed by atoms with Crippen molar-refractivity contribution in [2.45, 2.75) is 43.9 Å². The van der Waals surface area contributed by atoms with Gasteiger partial charge in [0, 0.05) is 10.2 Å². The third-order valence-electron chi connectivity index (χ3n) is 2.44. The van der Waals surface area contributed by atoms with E-state index in [4.69, 9.17) is 0 Å². The van der Waals surface area contributed by atoms with Crippen molar-refractivity contribution in [1.29, 1.82) is 0 Å². The number of hydrogen-bond donors (Lipinski definition) is 2. The van der Waals surface area contributed by atoms with E-state index in [1.165, 1.54) is 0 Å². The summed E-state index contributed by atoms with van der Waals surface area (Å²) in [4.78, 5) is 0. The Morgan fingerprint density at radius 1 is 1.18 bits per heavy atom. The standard InChI is InChI=1S/C8H15O2Si/c9-7-2-1-6(3-4-11)5-8(7)10/h6-10H,1-5H2. The highest BCUT2D eigenvalue weighted by Crippen LogP contribution is 2.27. The van der Waals surface area contributed by atoms with Crippen LogP contribution in [0.3, 0.4) is 0 Å². The molecule has 1 aliphatic rings. The van der Waals surface area contributed by atoms with Crippen molar-refractivity contribution in [2.75, 3.05) is 0 Å². The molecule has 0 amide bonds. The fraction of sp³-hybridized carbons (Fsp3) is 1.00. The van der Waals surface area contributed by atoms with Crippen LogP contribution in [-0.4, -0.2) is 32.7 Å². The first-order chi connectivity index (χ1) is 5.24. The first-order valence-corrected chi connectivity index (χ1v) is 4.95. The highest BCUT2D eigenvalue weighted by atomic mass is 28.1. The average molecular weight is 171 g/mol. The smallest absolute Gasteiger partial charge is 0.0801 e. The predicted molar refractivity (Wildman–Crippen MR) is 44.5 cm³/mol. The van der Waals surface area contributed by atoms with Crippen LogP contribution in [0, 0.1) is 5.92 Å². The van der Waals surface area contributed by atoms with Gasteiger partial charge in [-0.1, -0.05) is 12.5 Å². The minimum absolute atomic E-state index is 0.471. The molecule has 0 aromatic heterocycles. The van der Waals surface area contributed by atoms with Gasteiger partial charge in [-0.3, -0.25) is 0 Å². The lowest BCUT2D eigenvalue weighted by Gasteiger charge is -2.29. The van der Waals surface area contributed by atoms with E-state index < -0.39 is 12.2 Å². The molecule has 1 aliphatic carbocycles. The molecule has 3 radical (unpaired) electrons. The summed E-state index contributed by atoms with van der Waals surface area (Å²) >= 11 is 0. The largest absolute Gasteiger partial charge is 0.390 e. The maximum atomic E-state index is 9.31. The number of aliphatic hydroxyl groups excluding tert-OH is 2. The molecule has 0 heterocycles. The second-order valence-electron chi connectivity index (χ2n) is 3.35. The molecule has 0 spiro atoms. The Kier molecular flexibility index (Phi) is 3.55. The first-order valence-electron chi connectivity index (χ1n) is 4.24. The fourth-order valence-corrected chi connectivity index (χ4v) is 2.09. The summed E-state index contributed by atoms with van der Waals surface area (Å²) in [7, 11) is 3.42. The Morgan fingerprint density at radius 3 is 2.45 bits per heavy atom. The molecular formula is C8H15O2Si. The molecule has 0 aromatic rings. The van der Waals surface area contributed by atoms with Gasteiger partial charge in [-0.15, -0.1) is 0 Å². The van der Waals surface area contributed by atoms with E-state index in [2.05, 4.69) is 10.2 Å². The van der Waals surface area contributed by atoms with Crippen LogP contribution in [0.15, 0.2) is 0 Å². The van der Waals surface area contributed by atoms with Crippen molar-refractivity contribution in [1.82, 2.24) is 0 Å². The van der Waals surface area contributed by atoms with Crippen LogP contribution in [0.25, 0.3) is 0 Å². The molecule has 3 atom stereocenters. The molecule has 0 aromatic carbocycles. The lowest BCUT2D eigenvalue weighted by molar-refractivity contribution is -0.0257. The lowest BCUT2D eigenvalue weighted by atomic mass is 9.84. The number of aliphatic hydroxyl groups is 2. The van der Waals surface area contributed by atoms with E-state index in [-0.39, 0.29) is 0 Å². The molecular weight excluding hydrogens is 156 g/mol. The van der Waals surface area contributed by atoms with Gasteiger partial charge in [0.15, 0.2) is 0 Å². The van der Waals surface area contributed by atoms with Gasteiger partial charge in [0.05, 0.1) is 12.2 Å². The molecule has 1 saturated carbocycles. The Morgan fingerprint density at radius 2 is 1.91 bits per heavy atom. The van der Waals surface area contributed by atoms with Gasteiger partial charge in [-0.05, 0) is 25.2 Å². The van der Waals surface area contributed by atoms with Crippen LogP contribution in [0.1, 0.15) is 25.7 Å². The highest BCUT2D eigenvalue weighted by Gasteiger charge is 2.26. The van der Waals surface area contributed by atoms with Crippen molar-refractivity contribution < 1.29 is 10.2 Å². The quantitative estimate of drug-likeness (QED) is 0.593. The minimum Gasteiger partial charge on any atom is -0.390 e.